The standard InChI is InChI=1S/C12H8ClF3N2O2S/c13-9-5-3-7-17-11(9)18-21(19,20)10-6-2-1-4-8(10)12(14,15)16/h1-7H,(H,17,18). The second kappa shape index (κ2) is 5.53. The normalized spacial score (nSPS) is 12.2. The Labute approximate surface area is 123 Å². The molecule has 0 saturated carbocycles. The predicted molar refractivity (Wildman–Crippen MR) is 71.5 cm³/mol. The zero-order chi connectivity index (χ0) is 15.7. The topological polar surface area (TPSA) is 59.1 Å². The first-order valence-corrected chi connectivity index (χ1v) is 7.37. The minimum absolute atomic E-state index is 0.0226. The van der Waals surface area contributed by atoms with E-state index < -0.39 is 26.7 Å². The summed E-state index contributed by atoms with van der Waals surface area (Å²) in [6.45, 7) is 0. The Kier molecular flexibility index (Phi) is 4.11. The lowest BCUT2D eigenvalue weighted by Crippen LogP contribution is -2.19. The Morgan fingerprint density at radius 2 is 1.76 bits per heavy atom. The highest BCUT2D eigenvalue weighted by Crippen LogP contribution is 2.34. The molecule has 0 spiro atoms. The Balaban J connectivity index is 2.49. The summed E-state index contributed by atoms with van der Waals surface area (Å²) in [4.78, 5) is 2.79. The highest BCUT2D eigenvalue weighted by molar-refractivity contribution is 7.92. The zero-order valence-corrected chi connectivity index (χ0v) is 11.8. The van der Waals surface area contributed by atoms with E-state index in [2.05, 4.69) is 4.98 Å². The number of alkyl halides is 3. The van der Waals surface area contributed by atoms with Crippen LogP contribution in [-0.4, -0.2) is 13.4 Å². The van der Waals surface area contributed by atoms with Crippen molar-refractivity contribution in [3.05, 3.63) is 53.2 Å². The van der Waals surface area contributed by atoms with E-state index in [1.54, 1.807) is 0 Å². The third-order valence-corrected chi connectivity index (χ3v) is 4.17. The van der Waals surface area contributed by atoms with Crippen LogP contribution in [0.4, 0.5) is 19.0 Å². The summed E-state index contributed by atoms with van der Waals surface area (Å²) in [5.74, 6) is -0.240. The maximum Gasteiger partial charge on any atom is 0.417 e. The van der Waals surface area contributed by atoms with Gasteiger partial charge in [0.25, 0.3) is 10.0 Å². The highest BCUT2D eigenvalue weighted by Gasteiger charge is 2.37. The van der Waals surface area contributed by atoms with E-state index >= 15 is 0 Å². The fourth-order valence-electron chi connectivity index (χ4n) is 1.58. The molecule has 1 aromatic heterocycles. The lowest BCUT2D eigenvalue weighted by atomic mass is 10.2. The first kappa shape index (κ1) is 15.6. The van der Waals surface area contributed by atoms with Crippen LogP contribution in [-0.2, 0) is 16.2 Å². The van der Waals surface area contributed by atoms with E-state index in [1.165, 1.54) is 24.4 Å². The molecule has 2 aromatic rings. The van der Waals surface area contributed by atoms with Gasteiger partial charge in [0, 0.05) is 6.20 Å². The number of hydrogen-bond donors (Lipinski definition) is 1. The number of nitrogens with zero attached hydrogens (tertiary/aromatic N) is 1. The summed E-state index contributed by atoms with van der Waals surface area (Å²) in [6, 6.07) is 6.68. The molecule has 112 valence electrons. The molecule has 21 heavy (non-hydrogen) atoms. The molecule has 0 fully saturated rings. The zero-order valence-electron chi connectivity index (χ0n) is 10.2. The molecule has 0 amide bonds. The van der Waals surface area contributed by atoms with Gasteiger partial charge in [0.2, 0.25) is 0 Å². The van der Waals surface area contributed by atoms with Gasteiger partial charge in [-0.25, -0.2) is 13.4 Å². The van der Waals surface area contributed by atoms with E-state index in [4.69, 9.17) is 11.6 Å². The van der Waals surface area contributed by atoms with Gasteiger partial charge < -0.3 is 0 Å². The summed E-state index contributed by atoms with van der Waals surface area (Å²) < 4.78 is 64.8. The van der Waals surface area contributed by atoms with Gasteiger partial charge in [0.05, 0.1) is 15.5 Å². The SMILES string of the molecule is O=S(=O)(Nc1ncccc1Cl)c1ccccc1C(F)(F)F. The van der Waals surface area contributed by atoms with Crippen LogP contribution in [0.3, 0.4) is 0 Å². The van der Waals surface area contributed by atoms with Crippen LogP contribution in [0.5, 0.6) is 0 Å². The van der Waals surface area contributed by atoms with Gasteiger partial charge in [-0.2, -0.15) is 13.2 Å². The van der Waals surface area contributed by atoms with Gasteiger partial charge in [0.15, 0.2) is 5.82 Å². The molecule has 0 radical (unpaired) electrons. The van der Waals surface area contributed by atoms with Gasteiger partial charge in [0.1, 0.15) is 0 Å². The third-order valence-electron chi connectivity index (χ3n) is 2.47. The fourth-order valence-corrected chi connectivity index (χ4v) is 3.06. The highest BCUT2D eigenvalue weighted by atomic mass is 35.5. The van der Waals surface area contributed by atoms with E-state index in [1.807, 2.05) is 4.72 Å². The maximum atomic E-state index is 12.9. The Bertz CT molecular complexity index is 763. The third kappa shape index (κ3) is 3.45. The van der Waals surface area contributed by atoms with Crippen molar-refractivity contribution in [1.82, 2.24) is 4.98 Å². The molecule has 0 saturated heterocycles. The number of halogens is 4. The number of pyridine rings is 1. The molecule has 2 rings (SSSR count). The van der Waals surface area contributed by atoms with Crippen molar-refractivity contribution >= 4 is 27.4 Å². The molecule has 0 aliphatic rings. The Hall–Kier alpha value is -1.80. The summed E-state index contributed by atoms with van der Waals surface area (Å²) in [5, 5.41) is -0.0226. The van der Waals surface area contributed by atoms with E-state index in [9.17, 15) is 21.6 Å². The number of aromatic nitrogens is 1. The largest absolute Gasteiger partial charge is 0.417 e. The average molecular weight is 337 g/mol. The molecule has 0 bridgehead atoms. The van der Waals surface area contributed by atoms with Gasteiger partial charge in [-0.15, -0.1) is 0 Å². The molecule has 4 nitrogen and oxygen atoms in total. The summed E-state index contributed by atoms with van der Waals surface area (Å²) >= 11 is 5.74. The maximum absolute atomic E-state index is 12.9. The second-order valence-corrected chi connectivity index (χ2v) is 5.99. The van der Waals surface area contributed by atoms with Gasteiger partial charge in [-0.1, -0.05) is 23.7 Å². The molecule has 0 aliphatic carbocycles. The lowest BCUT2D eigenvalue weighted by Gasteiger charge is -2.14. The summed E-state index contributed by atoms with van der Waals surface area (Å²) in [7, 11) is -4.47. The fraction of sp³-hybridized carbons (Fsp3) is 0.0833. The molecule has 0 aliphatic heterocycles. The van der Waals surface area contributed by atoms with Crippen molar-refractivity contribution in [2.45, 2.75) is 11.1 Å². The van der Waals surface area contributed by atoms with Crippen LogP contribution in [0.25, 0.3) is 0 Å². The lowest BCUT2D eigenvalue weighted by molar-refractivity contribution is -0.139. The van der Waals surface area contributed by atoms with Crippen molar-refractivity contribution < 1.29 is 21.6 Å². The van der Waals surface area contributed by atoms with Gasteiger partial charge in [-0.3, -0.25) is 4.72 Å². The van der Waals surface area contributed by atoms with E-state index in [-0.39, 0.29) is 10.8 Å². The number of benzene rings is 1. The monoisotopic (exact) mass is 336 g/mol. The molecular formula is C12H8ClF3N2O2S. The summed E-state index contributed by atoms with van der Waals surface area (Å²) in [5.41, 5.74) is -1.26. The van der Waals surface area contributed by atoms with Crippen molar-refractivity contribution in [2.75, 3.05) is 4.72 Å². The molecule has 1 N–H and O–H groups in total. The minimum atomic E-state index is -4.79. The first-order chi connectivity index (χ1) is 9.72. The number of rotatable bonds is 3. The van der Waals surface area contributed by atoms with Crippen LogP contribution >= 0.6 is 11.6 Å². The van der Waals surface area contributed by atoms with Crippen molar-refractivity contribution in [2.24, 2.45) is 0 Å². The number of hydrogen-bond acceptors (Lipinski definition) is 3. The van der Waals surface area contributed by atoms with Crippen LogP contribution in [0.15, 0.2) is 47.5 Å². The van der Waals surface area contributed by atoms with Gasteiger partial charge in [-0.05, 0) is 24.3 Å². The van der Waals surface area contributed by atoms with Crippen molar-refractivity contribution in [1.29, 1.82) is 0 Å². The first-order valence-electron chi connectivity index (χ1n) is 5.51. The Morgan fingerprint density at radius 1 is 1.10 bits per heavy atom. The molecule has 0 atom stereocenters. The van der Waals surface area contributed by atoms with Crippen molar-refractivity contribution in [3.63, 3.8) is 0 Å². The average Bonchev–Trinajstić information content (AvgIpc) is 2.40. The van der Waals surface area contributed by atoms with Gasteiger partial charge >= 0.3 is 6.18 Å². The van der Waals surface area contributed by atoms with Crippen LogP contribution in [0.2, 0.25) is 5.02 Å². The van der Waals surface area contributed by atoms with Crippen LogP contribution < -0.4 is 4.72 Å². The molecule has 1 aromatic carbocycles. The molecular weight excluding hydrogens is 329 g/mol. The molecule has 9 heteroatoms. The Morgan fingerprint density at radius 3 is 2.38 bits per heavy atom. The van der Waals surface area contributed by atoms with E-state index in [0.29, 0.717) is 6.07 Å². The van der Waals surface area contributed by atoms with Crippen LogP contribution in [0.1, 0.15) is 5.56 Å². The minimum Gasteiger partial charge on any atom is -0.262 e. The molecule has 1 heterocycles. The smallest absolute Gasteiger partial charge is 0.262 e. The number of nitrogens with one attached hydrogen (secondary N) is 1. The van der Waals surface area contributed by atoms with Crippen LogP contribution in [0, 0.1) is 0 Å². The van der Waals surface area contributed by atoms with E-state index in [0.717, 1.165) is 12.1 Å². The molecule has 0 unspecified atom stereocenters. The predicted octanol–water partition coefficient (Wildman–Crippen LogP) is 3.55. The quantitative estimate of drug-likeness (QED) is 0.932. The second-order valence-electron chi connectivity index (χ2n) is 3.93. The number of sulfonamides is 1. The van der Waals surface area contributed by atoms with Crippen molar-refractivity contribution in [3.8, 4) is 0 Å². The number of anilines is 1. The summed E-state index contributed by atoms with van der Waals surface area (Å²) in [6.07, 6.45) is -3.53.